The summed E-state index contributed by atoms with van der Waals surface area (Å²) in [4.78, 5) is 4.36. The molecule has 0 fully saturated rings. The van der Waals surface area contributed by atoms with Crippen LogP contribution in [0.5, 0.6) is 0 Å². The van der Waals surface area contributed by atoms with Gasteiger partial charge in [-0.15, -0.1) is 11.3 Å². The van der Waals surface area contributed by atoms with Crippen molar-refractivity contribution in [3.8, 4) is 0 Å². The van der Waals surface area contributed by atoms with Crippen LogP contribution in [-0.2, 0) is 0 Å². The van der Waals surface area contributed by atoms with Crippen LogP contribution in [0.2, 0.25) is 0 Å². The van der Waals surface area contributed by atoms with Crippen molar-refractivity contribution < 1.29 is 8.78 Å². The van der Waals surface area contributed by atoms with E-state index in [4.69, 9.17) is 0 Å². The number of rotatable bonds is 3. The summed E-state index contributed by atoms with van der Waals surface area (Å²) in [5.74, 6) is -1.18. The molecule has 3 rings (SSSR count). The van der Waals surface area contributed by atoms with Gasteiger partial charge in [0.25, 0.3) is 0 Å². The molecule has 1 unspecified atom stereocenters. The second-order valence-electron chi connectivity index (χ2n) is 4.60. The Hall–Kier alpha value is -2.01. The van der Waals surface area contributed by atoms with Gasteiger partial charge in [-0.05, 0) is 42.1 Å². The first kappa shape index (κ1) is 13.0. The van der Waals surface area contributed by atoms with Crippen molar-refractivity contribution in [1.29, 1.82) is 0 Å². The normalized spacial score (nSPS) is 12.6. The summed E-state index contributed by atoms with van der Waals surface area (Å²) in [7, 11) is 0. The molecule has 2 heterocycles. The predicted octanol–water partition coefficient (Wildman–Crippen LogP) is 4.75. The highest BCUT2D eigenvalue weighted by molar-refractivity contribution is 7.17. The van der Waals surface area contributed by atoms with Crippen LogP contribution in [-0.4, -0.2) is 4.98 Å². The largest absolute Gasteiger partial charge is 0.378 e. The summed E-state index contributed by atoms with van der Waals surface area (Å²) >= 11 is 1.62. The number of anilines is 1. The van der Waals surface area contributed by atoms with Gasteiger partial charge in [-0.1, -0.05) is 0 Å². The predicted molar refractivity (Wildman–Crippen MR) is 78.0 cm³/mol. The zero-order valence-corrected chi connectivity index (χ0v) is 11.5. The van der Waals surface area contributed by atoms with E-state index in [1.807, 2.05) is 24.4 Å². The van der Waals surface area contributed by atoms with Gasteiger partial charge in [-0.3, -0.25) is 4.98 Å². The van der Waals surface area contributed by atoms with Crippen molar-refractivity contribution >= 4 is 27.2 Å². The zero-order chi connectivity index (χ0) is 14.1. The van der Waals surface area contributed by atoms with Crippen molar-refractivity contribution in [2.75, 3.05) is 5.32 Å². The number of hydrogen-bond acceptors (Lipinski definition) is 3. The highest BCUT2D eigenvalue weighted by Crippen LogP contribution is 2.25. The highest BCUT2D eigenvalue weighted by Gasteiger charge is 2.09. The summed E-state index contributed by atoms with van der Waals surface area (Å²) in [6.45, 7) is 1.93. The molecular formula is C15H12F2N2S. The Balaban J connectivity index is 1.86. The summed E-state index contributed by atoms with van der Waals surface area (Å²) in [5, 5.41) is 5.07. The van der Waals surface area contributed by atoms with Crippen LogP contribution < -0.4 is 5.32 Å². The summed E-state index contributed by atoms with van der Waals surface area (Å²) in [5.41, 5.74) is 2.36. The lowest BCUT2D eigenvalue weighted by Crippen LogP contribution is -2.07. The number of halogens is 2. The summed E-state index contributed by atoms with van der Waals surface area (Å²) in [6, 6.07) is 7.32. The number of nitrogens with zero attached hydrogens (tertiary/aromatic N) is 1. The molecule has 0 radical (unpaired) electrons. The molecule has 0 aliphatic carbocycles. The van der Waals surface area contributed by atoms with Crippen molar-refractivity contribution in [3.05, 3.63) is 59.1 Å². The third-order valence-corrected chi connectivity index (χ3v) is 3.92. The number of fused-ring (bicyclic) bond motifs is 1. The van der Waals surface area contributed by atoms with Crippen LogP contribution >= 0.6 is 11.3 Å². The Morgan fingerprint density at radius 3 is 2.65 bits per heavy atom. The summed E-state index contributed by atoms with van der Waals surface area (Å²) in [6.07, 6.45) is 1.78. The molecule has 0 bridgehead atoms. The Morgan fingerprint density at radius 1 is 1.15 bits per heavy atom. The topological polar surface area (TPSA) is 24.9 Å². The van der Waals surface area contributed by atoms with Crippen LogP contribution in [0.1, 0.15) is 18.5 Å². The quantitative estimate of drug-likeness (QED) is 0.753. The van der Waals surface area contributed by atoms with E-state index in [2.05, 4.69) is 10.3 Å². The molecule has 0 spiro atoms. The van der Waals surface area contributed by atoms with E-state index < -0.39 is 11.6 Å². The minimum Gasteiger partial charge on any atom is -0.378 e. The number of benzene rings is 1. The van der Waals surface area contributed by atoms with Gasteiger partial charge in [-0.2, -0.15) is 0 Å². The molecule has 3 aromatic rings. The van der Waals surface area contributed by atoms with Crippen LogP contribution in [0.25, 0.3) is 10.2 Å². The molecule has 102 valence electrons. The molecule has 20 heavy (non-hydrogen) atoms. The maximum absolute atomic E-state index is 13.2. The Labute approximate surface area is 119 Å². The van der Waals surface area contributed by atoms with Gasteiger partial charge < -0.3 is 5.32 Å². The molecule has 0 saturated carbocycles. The molecule has 5 heteroatoms. The van der Waals surface area contributed by atoms with Crippen molar-refractivity contribution in [3.63, 3.8) is 0 Å². The third kappa shape index (κ3) is 2.63. The Morgan fingerprint density at radius 2 is 1.90 bits per heavy atom. The maximum Gasteiger partial charge on any atom is 0.128 e. The van der Waals surface area contributed by atoms with Crippen LogP contribution in [0.15, 0.2) is 41.9 Å². The van der Waals surface area contributed by atoms with Gasteiger partial charge in [-0.25, -0.2) is 8.78 Å². The molecule has 0 aliphatic rings. The fourth-order valence-corrected chi connectivity index (χ4v) is 2.86. The molecule has 0 saturated heterocycles. The molecule has 2 nitrogen and oxygen atoms in total. The fraction of sp³-hybridized carbons (Fsp3) is 0.133. The maximum atomic E-state index is 13.2. The SMILES string of the molecule is CC(Nc1cc(F)cc(F)c1)c1cnc2ccsc2c1. The number of hydrogen-bond donors (Lipinski definition) is 1. The minimum absolute atomic E-state index is 0.0878. The van der Waals surface area contributed by atoms with E-state index in [1.54, 1.807) is 17.5 Å². The first-order chi connectivity index (χ1) is 9.61. The standard InChI is InChI=1S/C15H12F2N2S/c1-9(19-13-6-11(16)5-12(17)7-13)10-4-15-14(18-8-10)2-3-20-15/h2-9,19H,1H3. The highest BCUT2D eigenvalue weighted by atomic mass is 32.1. The van der Waals surface area contributed by atoms with Gasteiger partial charge in [0.05, 0.1) is 16.3 Å². The smallest absolute Gasteiger partial charge is 0.128 e. The van der Waals surface area contributed by atoms with E-state index in [0.29, 0.717) is 5.69 Å². The average Bonchev–Trinajstić information content (AvgIpc) is 2.84. The van der Waals surface area contributed by atoms with Gasteiger partial charge in [0, 0.05) is 18.0 Å². The number of thiophene rings is 1. The van der Waals surface area contributed by atoms with Gasteiger partial charge >= 0.3 is 0 Å². The molecule has 0 aliphatic heterocycles. The second kappa shape index (κ2) is 5.17. The Kier molecular flexibility index (Phi) is 3.36. The van der Waals surface area contributed by atoms with E-state index in [9.17, 15) is 8.78 Å². The van der Waals surface area contributed by atoms with Crippen LogP contribution in [0.4, 0.5) is 14.5 Å². The second-order valence-corrected chi connectivity index (χ2v) is 5.54. The van der Waals surface area contributed by atoms with Gasteiger partial charge in [0.2, 0.25) is 0 Å². The van der Waals surface area contributed by atoms with E-state index in [1.165, 1.54) is 12.1 Å². The van der Waals surface area contributed by atoms with E-state index in [0.717, 1.165) is 21.8 Å². The number of pyridine rings is 1. The van der Waals surface area contributed by atoms with Crippen molar-refractivity contribution in [2.24, 2.45) is 0 Å². The monoisotopic (exact) mass is 290 g/mol. The van der Waals surface area contributed by atoms with Crippen molar-refractivity contribution in [2.45, 2.75) is 13.0 Å². The number of nitrogens with one attached hydrogen (secondary N) is 1. The molecular weight excluding hydrogens is 278 g/mol. The lowest BCUT2D eigenvalue weighted by molar-refractivity contribution is 0.583. The number of aromatic nitrogens is 1. The third-order valence-electron chi connectivity index (χ3n) is 3.07. The molecule has 0 amide bonds. The van der Waals surface area contributed by atoms with Crippen molar-refractivity contribution in [1.82, 2.24) is 4.98 Å². The van der Waals surface area contributed by atoms with E-state index >= 15 is 0 Å². The minimum atomic E-state index is -0.591. The molecule has 1 aromatic carbocycles. The Bertz CT molecular complexity index is 734. The molecule has 1 N–H and O–H groups in total. The van der Waals surface area contributed by atoms with E-state index in [-0.39, 0.29) is 6.04 Å². The lowest BCUT2D eigenvalue weighted by atomic mass is 10.1. The summed E-state index contributed by atoms with van der Waals surface area (Å²) < 4.78 is 27.4. The first-order valence-electron chi connectivity index (χ1n) is 6.17. The fourth-order valence-electron chi connectivity index (χ4n) is 2.07. The molecule has 2 aromatic heterocycles. The zero-order valence-electron chi connectivity index (χ0n) is 10.7. The van der Waals surface area contributed by atoms with Gasteiger partial charge in [0.15, 0.2) is 0 Å². The van der Waals surface area contributed by atoms with Gasteiger partial charge in [0.1, 0.15) is 11.6 Å². The van der Waals surface area contributed by atoms with Crippen LogP contribution in [0.3, 0.4) is 0 Å². The van der Waals surface area contributed by atoms with Crippen LogP contribution in [0, 0.1) is 11.6 Å². The average molecular weight is 290 g/mol. The molecule has 1 atom stereocenters. The first-order valence-corrected chi connectivity index (χ1v) is 7.05. The lowest BCUT2D eigenvalue weighted by Gasteiger charge is -2.15.